The highest BCUT2D eigenvalue weighted by atomic mass is 19.1. The molecule has 1 N–H and O–H groups in total. The monoisotopic (exact) mass is 495 g/mol. The van der Waals surface area contributed by atoms with Gasteiger partial charge >= 0.3 is 0 Å². The zero-order valence-corrected chi connectivity index (χ0v) is 21.7. The first kappa shape index (κ1) is 27.0. The Morgan fingerprint density at radius 2 is 1.86 bits per heavy atom. The lowest BCUT2D eigenvalue weighted by atomic mass is 9.85. The highest BCUT2D eigenvalue weighted by Gasteiger charge is 2.33. The third-order valence-electron chi connectivity index (χ3n) is 5.90. The molecule has 36 heavy (non-hydrogen) atoms. The predicted octanol–water partition coefficient (Wildman–Crippen LogP) is 5.63. The highest BCUT2D eigenvalue weighted by Crippen LogP contribution is 2.39. The minimum absolute atomic E-state index is 0.00732. The van der Waals surface area contributed by atoms with E-state index in [0.717, 1.165) is 5.56 Å². The second kappa shape index (κ2) is 11.4. The van der Waals surface area contributed by atoms with Gasteiger partial charge in [-0.2, -0.15) is 5.26 Å². The van der Waals surface area contributed by atoms with Gasteiger partial charge in [-0.1, -0.05) is 20.8 Å². The number of carbonyl (C=O) groups is 1. The molecule has 1 aliphatic heterocycles. The van der Waals surface area contributed by atoms with Gasteiger partial charge in [0.15, 0.2) is 23.1 Å². The van der Waals surface area contributed by atoms with Gasteiger partial charge in [0.1, 0.15) is 11.6 Å². The van der Waals surface area contributed by atoms with Crippen LogP contribution in [0.25, 0.3) is 0 Å². The molecule has 0 saturated heterocycles. The maximum absolute atomic E-state index is 15.3. The number of Topliss-reactive ketones (excluding diaryl/α,β-unsaturated/α-hetero) is 1. The van der Waals surface area contributed by atoms with E-state index in [-0.39, 0.29) is 48.0 Å². The summed E-state index contributed by atoms with van der Waals surface area (Å²) in [4.78, 5) is 14.9. The molecule has 192 valence electrons. The van der Waals surface area contributed by atoms with Crippen molar-refractivity contribution in [1.82, 2.24) is 4.90 Å². The number of carbonyl (C=O) groups excluding carboxylic acids is 1. The van der Waals surface area contributed by atoms with Gasteiger partial charge in [0.2, 0.25) is 0 Å². The summed E-state index contributed by atoms with van der Waals surface area (Å²) >= 11 is 0. The van der Waals surface area contributed by atoms with Crippen molar-refractivity contribution in [3.63, 3.8) is 0 Å². The van der Waals surface area contributed by atoms with E-state index in [0.29, 0.717) is 48.7 Å². The molecule has 0 spiro atoms. The number of amidine groups is 1. The number of hydrogen-bond acceptors (Lipinski definition) is 6. The van der Waals surface area contributed by atoms with Crippen molar-refractivity contribution >= 4 is 11.6 Å². The molecule has 0 amide bonds. The zero-order valence-electron chi connectivity index (χ0n) is 21.7. The van der Waals surface area contributed by atoms with Crippen LogP contribution in [-0.4, -0.2) is 42.9 Å². The van der Waals surface area contributed by atoms with Crippen molar-refractivity contribution < 1.29 is 23.4 Å². The van der Waals surface area contributed by atoms with Crippen LogP contribution in [0.4, 0.5) is 4.39 Å². The lowest BCUT2D eigenvalue weighted by molar-refractivity contribution is 0.0962. The molecule has 0 saturated carbocycles. The molecule has 0 aliphatic carbocycles. The Hall–Kier alpha value is -3.60. The predicted molar refractivity (Wildman–Crippen MR) is 136 cm³/mol. The van der Waals surface area contributed by atoms with Gasteiger partial charge in [0.05, 0.1) is 38.0 Å². The minimum atomic E-state index is -0.638. The summed E-state index contributed by atoms with van der Waals surface area (Å²) in [5.74, 6) is -0.0339. The second-order valence-corrected chi connectivity index (χ2v) is 9.65. The second-order valence-electron chi connectivity index (χ2n) is 9.65. The van der Waals surface area contributed by atoms with E-state index in [2.05, 4.69) is 26.8 Å². The highest BCUT2D eigenvalue weighted by molar-refractivity contribution is 6.06. The first-order valence-electron chi connectivity index (χ1n) is 12.2. The Bertz CT molecular complexity index is 1180. The molecule has 0 aromatic heterocycles. The summed E-state index contributed by atoms with van der Waals surface area (Å²) in [6, 6.07) is 9.24. The molecular weight excluding hydrogens is 461 g/mol. The number of benzene rings is 2. The zero-order chi connectivity index (χ0) is 26.5. The number of hydrogen-bond donors (Lipinski definition) is 1. The van der Waals surface area contributed by atoms with Crippen molar-refractivity contribution in [3.8, 4) is 23.3 Å². The summed E-state index contributed by atoms with van der Waals surface area (Å²) in [5.41, 5.74) is 1.91. The van der Waals surface area contributed by atoms with Crippen LogP contribution in [0.2, 0.25) is 0 Å². The standard InChI is InChI=1S/C28H34FN3O4/c1-6-34-23-14-19-16-32(27(31)24(19)25(29)26(23)35-7-2)17-22(33)18-12-20(28(3,4)5)15-21(13-18)36-11-9-8-10-30/h12-15,31H,6-9,11,16-17H2,1-5H3. The quantitative estimate of drug-likeness (QED) is 0.321. The Morgan fingerprint density at radius 3 is 2.50 bits per heavy atom. The number of rotatable bonds is 11. The molecule has 0 fully saturated rings. The van der Waals surface area contributed by atoms with Gasteiger partial charge in [-0.25, -0.2) is 4.39 Å². The van der Waals surface area contributed by atoms with E-state index in [4.69, 9.17) is 24.9 Å². The van der Waals surface area contributed by atoms with Gasteiger partial charge in [-0.05, 0) is 61.1 Å². The van der Waals surface area contributed by atoms with Crippen LogP contribution in [0, 0.1) is 22.6 Å². The molecule has 1 aliphatic rings. The van der Waals surface area contributed by atoms with Crippen LogP contribution >= 0.6 is 0 Å². The Balaban J connectivity index is 1.86. The Morgan fingerprint density at radius 1 is 1.14 bits per heavy atom. The number of nitrogens with zero attached hydrogens (tertiary/aromatic N) is 2. The van der Waals surface area contributed by atoms with Crippen molar-refractivity contribution in [1.29, 1.82) is 10.7 Å². The molecule has 0 unspecified atom stereocenters. The SMILES string of the molecule is CCOc1cc2c(c(F)c1OCC)C(=N)N(CC(=O)c1cc(OCCCC#N)cc(C(C)(C)C)c1)C2. The van der Waals surface area contributed by atoms with E-state index < -0.39 is 5.82 Å². The normalized spacial score (nSPS) is 12.8. The third-order valence-corrected chi connectivity index (χ3v) is 5.90. The average molecular weight is 496 g/mol. The third kappa shape index (κ3) is 5.96. The first-order chi connectivity index (χ1) is 17.1. The number of halogens is 1. The lowest BCUT2D eigenvalue weighted by Crippen LogP contribution is -2.30. The molecule has 0 radical (unpaired) electrons. The summed E-state index contributed by atoms with van der Waals surface area (Å²) in [6.45, 7) is 10.9. The fourth-order valence-electron chi connectivity index (χ4n) is 4.04. The molecule has 2 aromatic carbocycles. The lowest BCUT2D eigenvalue weighted by Gasteiger charge is -2.22. The molecule has 1 heterocycles. The fourth-order valence-corrected chi connectivity index (χ4v) is 4.04. The van der Waals surface area contributed by atoms with Gasteiger partial charge in [0.25, 0.3) is 0 Å². The van der Waals surface area contributed by atoms with Gasteiger partial charge in [-0.3, -0.25) is 10.2 Å². The minimum Gasteiger partial charge on any atom is -0.494 e. The van der Waals surface area contributed by atoms with Crippen molar-refractivity contribution in [2.75, 3.05) is 26.4 Å². The largest absolute Gasteiger partial charge is 0.494 e. The van der Waals surface area contributed by atoms with E-state index in [1.54, 1.807) is 30.9 Å². The van der Waals surface area contributed by atoms with E-state index in [1.807, 2.05) is 12.1 Å². The van der Waals surface area contributed by atoms with Crippen molar-refractivity contribution in [2.24, 2.45) is 0 Å². The van der Waals surface area contributed by atoms with E-state index in [9.17, 15) is 4.79 Å². The molecule has 3 rings (SSSR count). The summed E-state index contributed by atoms with van der Waals surface area (Å²) in [5, 5.41) is 17.3. The smallest absolute Gasteiger partial charge is 0.197 e. The Kier molecular flexibility index (Phi) is 8.57. The molecule has 2 aromatic rings. The van der Waals surface area contributed by atoms with Crippen LogP contribution in [0.5, 0.6) is 17.2 Å². The number of unbranched alkanes of at least 4 members (excludes halogenated alkanes) is 1. The average Bonchev–Trinajstić information content (AvgIpc) is 3.13. The molecule has 0 bridgehead atoms. The number of nitrogens with one attached hydrogen (secondary N) is 1. The summed E-state index contributed by atoms with van der Waals surface area (Å²) in [7, 11) is 0. The first-order valence-corrected chi connectivity index (χ1v) is 12.2. The Labute approximate surface area is 212 Å². The summed E-state index contributed by atoms with van der Waals surface area (Å²) < 4.78 is 32.2. The van der Waals surface area contributed by atoms with Crippen LogP contribution in [0.15, 0.2) is 24.3 Å². The topological polar surface area (TPSA) is 95.6 Å². The van der Waals surface area contributed by atoms with Crippen LogP contribution in [0.1, 0.15) is 74.5 Å². The fraction of sp³-hybridized carbons (Fsp3) is 0.464. The maximum Gasteiger partial charge on any atom is 0.197 e. The van der Waals surface area contributed by atoms with Gasteiger partial charge in [0, 0.05) is 18.5 Å². The van der Waals surface area contributed by atoms with Crippen molar-refractivity contribution in [3.05, 3.63) is 52.3 Å². The molecular formula is C28H34FN3O4. The summed E-state index contributed by atoms with van der Waals surface area (Å²) in [6.07, 6.45) is 0.997. The van der Waals surface area contributed by atoms with Crippen LogP contribution in [-0.2, 0) is 12.0 Å². The number of fused-ring (bicyclic) bond motifs is 1. The van der Waals surface area contributed by atoms with E-state index in [1.165, 1.54) is 0 Å². The number of ketones is 1. The molecule has 8 heteroatoms. The number of ether oxygens (including phenoxy) is 3. The van der Waals surface area contributed by atoms with Crippen LogP contribution in [0.3, 0.4) is 0 Å². The van der Waals surface area contributed by atoms with E-state index >= 15 is 4.39 Å². The van der Waals surface area contributed by atoms with Gasteiger partial charge < -0.3 is 19.1 Å². The molecule has 7 nitrogen and oxygen atoms in total. The van der Waals surface area contributed by atoms with Crippen LogP contribution < -0.4 is 14.2 Å². The van der Waals surface area contributed by atoms with Crippen molar-refractivity contribution in [2.45, 2.75) is 59.4 Å². The number of nitriles is 1. The van der Waals surface area contributed by atoms with Gasteiger partial charge in [-0.15, -0.1) is 0 Å². The maximum atomic E-state index is 15.3. The molecule has 0 atom stereocenters.